The Bertz CT molecular complexity index is 725. The van der Waals surface area contributed by atoms with Crippen LogP contribution in [0, 0.1) is 0 Å². The Morgan fingerprint density at radius 3 is 1.61 bits per heavy atom. The zero-order valence-electron chi connectivity index (χ0n) is 27.5. The van der Waals surface area contributed by atoms with Crippen LogP contribution in [0.3, 0.4) is 0 Å². The first-order valence-corrected chi connectivity index (χ1v) is 16.8. The summed E-state index contributed by atoms with van der Waals surface area (Å²) in [7, 11) is 0. The van der Waals surface area contributed by atoms with Crippen LogP contribution in [0.1, 0.15) is 110 Å². The summed E-state index contributed by atoms with van der Waals surface area (Å²) in [5.41, 5.74) is 0. The standard InChI is InChI=1S/C32H61N3O9/c1-3-5-6-7-8-9-10-11-12-13-14-15-16-30(37)35-28(32(39)40)17-18-29(36)33-19-21-43-25-26-44-27-31(38)34-20-22-42-24-23-41-4-2/h28H,3-27H2,1-2H3,(H,33,36)(H,34,38)(H,35,37)(H,39,40). The number of carbonyl (C=O) groups is 4. The average molecular weight is 632 g/mol. The van der Waals surface area contributed by atoms with Gasteiger partial charge >= 0.3 is 5.97 Å². The molecule has 0 aromatic carbocycles. The molecule has 0 saturated carbocycles. The van der Waals surface area contributed by atoms with E-state index in [1.54, 1.807) is 0 Å². The summed E-state index contributed by atoms with van der Waals surface area (Å²) < 4.78 is 21.1. The van der Waals surface area contributed by atoms with E-state index in [9.17, 15) is 24.3 Å². The van der Waals surface area contributed by atoms with E-state index in [4.69, 9.17) is 18.9 Å². The minimum Gasteiger partial charge on any atom is -0.480 e. The lowest BCUT2D eigenvalue weighted by molar-refractivity contribution is -0.142. The number of hydrogen-bond acceptors (Lipinski definition) is 8. The molecule has 0 fully saturated rings. The van der Waals surface area contributed by atoms with Crippen molar-refractivity contribution in [3.8, 4) is 0 Å². The molecule has 0 radical (unpaired) electrons. The van der Waals surface area contributed by atoms with Crippen molar-refractivity contribution in [3.05, 3.63) is 0 Å². The molecule has 44 heavy (non-hydrogen) atoms. The number of unbranched alkanes of at least 4 members (excludes halogenated alkanes) is 11. The highest BCUT2D eigenvalue weighted by Gasteiger charge is 2.20. The molecule has 0 aliphatic rings. The number of ether oxygens (including phenoxy) is 4. The number of carboxylic acid groups (broad SMARTS) is 1. The molecule has 0 bridgehead atoms. The molecule has 0 spiro atoms. The lowest BCUT2D eigenvalue weighted by Crippen LogP contribution is -2.41. The van der Waals surface area contributed by atoms with Gasteiger partial charge in [-0.05, 0) is 19.8 Å². The van der Waals surface area contributed by atoms with E-state index in [1.807, 2.05) is 6.92 Å². The minimum absolute atomic E-state index is 0.0154. The fraction of sp³-hybridized carbons (Fsp3) is 0.875. The molecule has 0 heterocycles. The number of nitrogens with one attached hydrogen (secondary N) is 3. The van der Waals surface area contributed by atoms with E-state index in [0.717, 1.165) is 19.3 Å². The molecule has 1 unspecified atom stereocenters. The van der Waals surface area contributed by atoms with Crippen molar-refractivity contribution in [3.63, 3.8) is 0 Å². The lowest BCUT2D eigenvalue weighted by Gasteiger charge is -2.14. The molecule has 0 aromatic heterocycles. The topological polar surface area (TPSA) is 162 Å². The largest absolute Gasteiger partial charge is 0.480 e. The molecular weight excluding hydrogens is 570 g/mol. The fourth-order valence-electron chi connectivity index (χ4n) is 4.34. The number of rotatable bonds is 33. The van der Waals surface area contributed by atoms with Crippen molar-refractivity contribution in [1.82, 2.24) is 16.0 Å². The van der Waals surface area contributed by atoms with E-state index in [-0.39, 0.29) is 63.5 Å². The predicted octanol–water partition coefficient (Wildman–Crippen LogP) is 3.75. The first kappa shape index (κ1) is 41.7. The molecule has 0 aromatic rings. The van der Waals surface area contributed by atoms with Crippen molar-refractivity contribution >= 4 is 23.7 Å². The van der Waals surface area contributed by atoms with Crippen LogP contribution < -0.4 is 16.0 Å². The molecule has 0 aliphatic heterocycles. The first-order valence-electron chi connectivity index (χ1n) is 16.8. The molecular formula is C32H61N3O9. The molecule has 258 valence electrons. The summed E-state index contributed by atoms with van der Waals surface area (Å²) in [4.78, 5) is 47.5. The summed E-state index contributed by atoms with van der Waals surface area (Å²) in [6, 6.07) is -1.09. The molecule has 1 atom stereocenters. The van der Waals surface area contributed by atoms with Gasteiger partial charge in [0.05, 0.1) is 39.6 Å². The van der Waals surface area contributed by atoms with Gasteiger partial charge in [-0.1, -0.05) is 77.6 Å². The van der Waals surface area contributed by atoms with Crippen molar-refractivity contribution in [2.24, 2.45) is 0 Å². The maximum absolute atomic E-state index is 12.2. The van der Waals surface area contributed by atoms with Gasteiger partial charge in [0.15, 0.2) is 0 Å². The van der Waals surface area contributed by atoms with Gasteiger partial charge in [0.2, 0.25) is 17.7 Å². The molecule has 0 saturated heterocycles. The van der Waals surface area contributed by atoms with Crippen LogP contribution in [0.2, 0.25) is 0 Å². The molecule has 12 nitrogen and oxygen atoms in total. The third kappa shape index (κ3) is 29.8. The average Bonchev–Trinajstić information content (AvgIpc) is 3.00. The summed E-state index contributed by atoms with van der Waals surface area (Å²) in [6.45, 7) is 7.50. The Labute approximate surface area is 265 Å². The lowest BCUT2D eigenvalue weighted by atomic mass is 10.0. The highest BCUT2D eigenvalue weighted by Crippen LogP contribution is 2.12. The summed E-state index contributed by atoms with van der Waals surface area (Å²) >= 11 is 0. The second-order valence-corrected chi connectivity index (χ2v) is 10.8. The molecule has 0 rings (SSSR count). The number of hydrogen-bond donors (Lipinski definition) is 4. The van der Waals surface area contributed by atoms with E-state index in [2.05, 4.69) is 22.9 Å². The van der Waals surface area contributed by atoms with Crippen molar-refractivity contribution < 1.29 is 43.2 Å². The van der Waals surface area contributed by atoms with Crippen LogP contribution in [0.4, 0.5) is 0 Å². The van der Waals surface area contributed by atoms with Crippen molar-refractivity contribution in [1.29, 1.82) is 0 Å². The van der Waals surface area contributed by atoms with E-state index < -0.39 is 12.0 Å². The van der Waals surface area contributed by atoms with E-state index >= 15 is 0 Å². The van der Waals surface area contributed by atoms with Crippen LogP contribution in [0.5, 0.6) is 0 Å². The van der Waals surface area contributed by atoms with Gasteiger partial charge in [-0.25, -0.2) is 4.79 Å². The molecule has 0 aliphatic carbocycles. The second kappa shape index (κ2) is 32.1. The quantitative estimate of drug-likeness (QED) is 0.0791. The SMILES string of the molecule is CCCCCCCCCCCCCCC(=O)NC(CCC(=O)NCCOCCOCC(=O)NCCOCCOCC)C(=O)O. The Morgan fingerprint density at radius 2 is 1.07 bits per heavy atom. The Kier molecular flexibility index (Phi) is 30.5. The number of aliphatic carboxylic acids is 1. The van der Waals surface area contributed by atoms with Gasteiger partial charge in [-0.2, -0.15) is 0 Å². The van der Waals surface area contributed by atoms with Gasteiger partial charge in [0.1, 0.15) is 12.6 Å². The second-order valence-electron chi connectivity index (χ2n) is 10.8. The van der Waals surface area contributed by atoms with Crippen molar-refractivity contribution in [2.75, 3.05) is 65.9 Å². The van der Waals surface area contributed by atoms with Gasteiger partial charge in [-0.3, -0.25) is 14.4 Å². The van der Waals surface area contributed by atoms with Crippen LogP contribution in [-0.2, 0) is 38.1 Å². The Morgan fingerprint density at radius 1 is 0.568 bits per heavy atom. The first-order chi connectivity index (χ1) is 21.4. The van der Waals surface area contributed by atoms with Crippen LogP contribution in [0.15, 0.2) is 0 Å². The summed E-state index contributed by atoms with van der Waals surface area (Å²) in [5.74, 6) is -2.00. The zero-order valence-corrected chi connectivity index (χ0v) is 27.5. The summed E-state index contributed by atoms with van der Waals surface area (Å²) in [5, 5.41) is 17.3. The van der Waals surface area contributed by atoms with Crippen LogP contribution in [-0.4, -0.2) is 101 Å². The van der Waals surface area contributed by atoms with Gasteiger partial charge in [0.25, 0.3) is 0 Å². The molecule has 12 heteroatoms. The van der Waals surface area contributed by atoms with E-state index in [0.29, 0.717) is 39.4 Å². The van der Waals surface area contributed by atoms with E-state index in [1.165, 1.54) is 57.8 Å². The molecule has 3 amide bonds. The van der Waals surface area contributed by atoms with Crippen LogP contribution >= 0.6 is 0 Å². The number of carbonyl (C=O) groups excluding carboxylic acids is 3. The molecule has 4 N–H and O–H groups in total. The van der Waals surface area contributed by atoms with Crippen molar-refractivity contribution in [2.45, 2.75) is 116 Å². The fourth-order valence-corrected chi connectivity index (χ4v) is 4.34. The maximum Gasteiger partial charge on any atom is 0.326 e. The summed E-state index contributed by atoms with van der Waals surface area (Å²) in [6.07, 6.45) is 14.7. The third-order valence-corrected chi connectivity index (χ3v) is 6.87. The van der Waals surface area contributed by atoms with Gasteiger partial charge in [0, 0.05) is 32.5 Å². The highest BCUT2D eigenvalue weighted by atomic mass is 16.5. The maximum atomic E-state index is 12.2. The van der Waals surface area contributed by atoms with Crippen LogP contribution in [0.25, 0.3) is 0 Å². The number of carboxylic acids is 1. The predicted molar refractivity (Wildman–Crippen MR) is 169 cm³/mol. The van der Waals surface area contributed by atoms with Gasteiger partial charge < -0.3 is 40.0 Å². The number of amides is 3. The third-order valence-electron chi connectivity index (χ3n) is 6.87. The highest BCUT2D eigenvalue weighted by molar-refractivity contribution is 5.84. The minimum atomic E-state index is -1.15. The Balaban J connectivity index is 3.70. The monoisotopic (exact) mass is 631 g/mol. The van der Waals surface area contributed by atoms with Gasteiger partial charge in [-0.15, -0.1) is 0 Å². The Hall–Kier alpha value is -2.28. The normalized spacial score (nSPS) is 11.7. The smallest absolute Gasteiger partial charge is 0.326 e. The zero-order chi connectivity index (χ0) is 32.5.